The molecule has 3 aromatic heterocycles. The minimum absolute atomic E-state index is 0.349. The zero-order valence-electron chi connectivity index (χ0n) is 30.6. The van der Waals surface area contributed by atoms with E-state index in [9.17, 15) is 0 Å². The number of hydrogen-bond acceptors (Lipinski definition) is 5. The summed E-state index contributed by atoms with van der Waals surface area (Å²) in [5, 5.41) is 10.2. The second kappa shape index (κ2) is 12.4. The first-order chi connectivity index (χ1) is 28.2. The Morgan fingerprint density at radius 1 is 0.456 bits per heavy atom. The van der Waals surface area contributed by atoms with Gasteiger partial charge in [-0.3, -0.25) is 0 Å². The Balaban J connectivity index is 1.00. The average Bonchev–Trinajstić information content (AvgIpc) is 3.95. The number of fused-ring (bicyclic) bond motifs is 9. The van der Waals surface area contributed by atoms with E-state index in [1.54, 1.807) is 0 Å². The molecule has 1 aliphatic rings. The third-order valence-corrected chi connectivity index (χ3v) is 11.3. The number of hydrogen-bond donors (Lipinski definition) is 1. The summed E-state index contributed by atoms with van der Waals surface area (Å²) in [6, 6.07) is 63.3. The van der Waals surface area contributed by atoms with Crippen LogP contribution < -0.4 is 5.32 Å². The second-order valence-corrected chi connectivity index (χ2v) is 14.6. The van der Waals surface area contributed by atoms with E-state index in [-0.39, 0.29) is 6.17 Å². The molecule has 1 N–H and O–H groups in total. The predicted molar refractivity (Wildman–Crippen MR) is 233 cm³/mol. The molecule has 0 saturated carbocycles. The molecule has 6 nitrogen and oxygen atoms in total. The number of nitrogens with zero attached hydrogens (tertiary/aromatic N) is 3. The fourth-order valence-corrected chi connectivity index (χ4v) is 8.60. The van der Waals surface area contributed by atoms with E-state index in [0.29, 0.717) is 5.84 Å². The van der Waals surface area contributed by atoms with E-state index in [1.165, 1.54) is 21.9 Å². The van der Waals surface area contributed by atoms with Gasteiger partial charge in [0.25, 0.3) is 0 Å². The molecule has 0 radical (unpaired) electrons. The minimum Gasteiger partial charge on any atom is -0.456 e. The Hall–Kier alpha value is -7.70. The molecule has 0 bridgehead atoms. The molecule has 0 aliphatic carbocycles. The smallest absolute Gasteiger partial charge is 0.160 e. The van der Waals surface area contributed by atoms with E-state index in [1.807, 2.05) is 48.5 Å². The molecule has 0 amide bonds. The fraction of sp³-hybridized carbons (Fsp3) is 0.0196. The molecule has 1 atom stereocenters. The Kier molecular flexibility index (Phi) is 6.89. The van der Waals surface area contributed by atoms with Gasteiger partial charge in [-0.15, -0.1) is 0 Å². The number of rotatable bonds is 5. The molecule has 0 saturated heterocycles. The number of amidine groups is 2. The van der Waals surface area contributed by atoms with Crippen LogP contribution >= 0.6 is 0 Å². The maximum absolute atomic E-state index is 6.68. The second-order valence-electron chi connectivity index (χ2n) is 14.6. The van der Waals surface area contributed by atoms with Crippen molar-refractivity contribution in [2.75, 3.05) is 0 Å². The molecule has 6 heteroatoms. The molecule has 57 heavy (non-hydrogen) atoms. The van der Waals surface area contributed by atoms with Gasteiger partial charge < -0.3 is 18.7 Å². The zero-order chi connectivity index (χ0) is 37.5. The van der Waals surface area contributed by atoms with Crippen molar-refractivity contribution in [3.05, 3.63) is 199 Å². The molecular formula is C51H32N4O2. The summed E-state index contributed by atoms with van der Waals surface area (Å²) in [5.41, 5.74) is 11.9. The summed E-state index contributed by atoms with van der Waals surface area (Å²) in [4.78, 5) is 10.5. The lowest BCUT2D eigenvalue weighted by molar-refractivity contribution is 0.666. The highest BCUT2D eigenvalue weighted by Crippen LogP contribution is 2.39. The average molecular weight is 733 g/mol. The number of furan rings is 2. The van der Waals surface area contributed by atoms with Gasteiger partial charge >= 0.3 is 0 Å². The summed E-state index contributed by atoms with van der Waals surface area (Å²) in [6.07, 6.45) is -0.349. The van der Waals surface area contributed by atoms with E-state index >= 15 is 0 Å². The standard InChI is InChI=1S/C51H32N4O2/c1-3-12-31(13-4-1)33-23-27-43-41(28-33)36-16-7-9-19-42(36)55(43)35-24-26-39-47(30-35)57-45-21-11-18-40(48(39)45)51-53-49(32-14-5-2-6-15-32)52-50(54-51)34-22-25-38-37-17-8-10-20-44(37)56-46(38)29-34/h1-30,49H,(H,52,53,54). The Bertz CT molecular complexity index is 3440. The fourth-order valence-electron chi connectivity index (χ4n) is 8.60. The van der Waals surface area contributed by atoms with Crippen molar-refractivity contribution in [1.29, 1.82) is 0 Å². The van der Waals surface area contributed by atoms with Gasteiger partial charge in [0.2, 0.25) is 0 Å². The van der Waals surface area contributed by atoms with Crippen molar-refractivity contribution in [3.8, 4) is 16.8 Å². The summed E-state index contributed by atoms with van der Waals surface area (Å²) in [6.45, 7) is 0. The Morgan fingerprint density at radius 3 is 2.04 bits per heavy atom. The number of aromatic nitrogens is 1. The quantitative estimate of drug-likeness (QED) is 0.192. The lowest BCUT2D eigenvalue weighted by Gasteiger charge is -2.23. The van der Waals surface area contributed by atoms with Gasteiger partial charge in [-0.2, -0.15) is 0 Å². The molecule has 12 rings (SSSR count). The third kappa shape index (κ3) is 5.04. The molecule has 0 fully saturated rings. The van der Waals surface area contributed by atoms with Gasteiger partial charge in [-0.05, 0) is 71.3 Å². The maximum Gasteiger partial charge on any atom is 0.160 e. The van der Waals surface area contributed by atoms with Crippen molar-refractivity contribution >= 4 is 77.4 Å². The van der Waals surface area contributed by atoms with Gasteiger partial charge in [0.15, 0.2) is 5.84 Å². The Morgan fingerprint density at radius 2 is 1.14 bits per heavy atom. The SMILES string of the molecule is c1ccc(-c2ccc3c(c2)c2ccccc2n3-c2ccc3c(c2)oc2cccc(C4=NC(c5ccccc5)NC(c5ccc6c(c5)oc5ccccc56)=N4)c23)cc1. The third-order valence-electron chi connectivity index (χ3n) is 11.3. The monoisotopic (exact) mass is 732 g/mol. The first-order valence-corrected chi connectivity index (χ1v) is 19.2. The van der Waals surface area contributed by atoms with E-state index in [0.717, 1.165) is 83.1 Å². The van der Waals surface area contributed by atoms with Crippen LogP contribution in [0.5, 0.6) is 0 Å². The van der Waals surface area contributed by atoms with Crippen LogP contribution in [-0.4, -0.2) is 16.2 Å². The summed E-state index contributed by atoms with van der Waals surface area (Å²) in [7, 11) is 0. The zero-order valence-corrected chi connectivity index (χ0v) is 30.6. The van der Waals surface area contributed by atoms with Gasteiger partial charge in [-0.25, -0.2) is 9.98 Å². The van der Waals surface area contributed by atoms with Crippen LogP contribution in [0.2, 0.25) is 0 Å². The molecular weight excluding hydrogens is 701 g/mol. The van der Waals surface area contributed by atoms with E-state index in [4.69, 9.17) is 18.8 Å². The number of benzene rings is 8. The highest BCUT2D eigenvalue weighted by Gasteiger charge is 2.24. The molecule has 268 valence electrons. The highest BCUT2D eigenvalue weighted by molar-refractivity contribution is 6.22. The van der Waals surface area contributed by atoms with Crippen LogP contribution in [0.4, 0.5) is 0 Å². The molecule has 1 unspecified atom stereocenters. The first-order valence-electron chi connectivity index (χ1n) is 19.2. The number of nitrogens with one attached hydrogen (secondary N) is 1. The van der Waals surface area contributed by atoms with Crippen LogP contribution in [0.15, 0.2) is 201 Å². The number of para-hydroxylation sites is 2. The molecule has 1 aliphatic heterocycles. The molecule has 4 heterocycles. The first kappa shape index (κ1) is 31.6. The normalized spacial score (nSPS) is 14.5. The maximum atomic E-state index is 6.68. The minimum atomic E-state index is -0.349. The summed E-state index contributed by atoms with van der Waals surface area (Å²) in [5.74, 6) is 1.36. The predicted octanol–water partition coefficient (Wildman–Crippen LogP) is 12.7. The van der Waals surface area contributed by atoms with Gasteiger partial charge in [-0.1, -0.05) is 121 Å². The lowest BCUT2D eigenvalue weighted by atomic mass is 10.0. The van der Waals surface area contributed by atoms with Crippen molar-refractivity contribution in [1.82, 2.24) is 9.88 Å². The van der Waals surface area contributed by atoms with E-state index < -0.39 is 0 Å². The van der Waals surface area contributed by atoms with Crippen molar-refractivity contribution in [3.63, 3.8) is 0 Å². The molecule has 0 spiro atoms. The Labute approximate surface area is 326 Å². The van der Waals surface area contributed by atoms with Crippen molar-refractivity contribution in [2.24, 2.45) is 9.98 Å². The lowest BCUT2D eigenvalue weighted by Crippen LogP contribution is -2.33. The number of aliphatic imine (C=N–C) groups is 2. The summed E-state index contributed by atoms with van der Waals surface area (Å²) >= 11 is 0. The molecule has 11 aromatic rings. The van der Waals surface area contributed by atoms with Crippen molar-refractivity contribution < 1.29 is 8.83 Å². The molecule has 8 aromatic carbocycles. The van der Waals surface area contributed by atoms with Crippen molar-refractivity contribution in [2.45, 2.75) is 6.17 Å². The summed E-state index contributed by atoms with van der Waals surface area (Å²) < 4.78 is 15.3. The van der Waals surface area contributed by atoms with Crippen LogP contribution in [0.25, 0.3) is 82.5 Å². The van der Waals surface area contributed by atoms with E-state index in [2.05, 4.69) is 143 Å². The van der Waals surface area contributed by atoms with Gasteiger partial charge in [0.05, 0.1) is 11.0 Å². The van der Waals surface area contributed by atoms with Gasteiger partial charge in [0.1, 0.15) is 34.3 Å². The highest BCUT2D eigenvalue weighted by atomic mass is 16.3. The van der Waals surface area contributed by atoms with Crippen LogP contribution in [0.3, 0.4) is 0 Å². The van der Waals surface area contributed by atoms with Crippen LogP contribution in [0.1, 0.15) is 22.9 Å². The van der Waals surface area contributed by atoms with Gasteiger partial charge in [0, 0.05) is 55.2 Å². The largest absolute Gasteiger partial charge is 0.456 e. The van der Waals surface area contributed by atoms with Crippen LogP contribution in [0, 0.1) is 0 Å². The van der Waals surface area contributed by atoms with Crippen LogP contribution in [-0.2, 0) is 0 Å². The topological polar surface area (TPSA) is 68.0 Å².